The Bertz CT molecular complexity index is 149. The highest BCUT2D eigenvalue weighted by Gasteiger charge is 1.86. The van der Waals surface area contributed by atoms with Crippen LogP contribution in [0.5, 0.6) is 0 Å². The van der Waals surface area contributed by atoms with Gasteiger partial charge in [-0.1, -0.05) is 11.9 Å². The highest BCUT2D eigenvalue weighted by atomic mass is 32.2. The first-order valence-electron chi connectivity index (χ1n) is 2.72. The lowest BCUT2D eigenvalue weighted by Gasteiger charge is -1.95. The minimum atomic E-state index is 0.897. The van der Waals surface area contributed by atoms with Gasteiger partial charge in [0, 0.05) is 18.1 Å². The summed E-state index contributed by atoms with van der Waals surface area (Å²) in [6, 6.07) is 1.90. The Morgan fingerprint density at radius 1 is 1.67 bits per heavy atom. The lowest BCUT2D eigenvalue weighted by atomic mass is 10.7. The number of nitrogens with zero attached hydrogens (tertiary/aromatic N) is 2. The van der Waals surface area contributed by atoms with Crippen molar-refractivity contribution in [2.45, 2.75) is 6.54 Å². The van der Waals surface area contributed by atoms with E-state index in [1.54, 1.807) is 6.20 Å². The summed E-state index contributed by atoms with van der Waals surface area (Å²) in [6.07, 6.45) is 3.69. The van der Waals surface area contributed by atoms with Crippen molar-refractivity contribution < 1.29 is 0 Å². The molecule has 4 heteroatoms. The second-order valence-electron chi connectivity index (χ2n) is 1.64. The molecule has 2 N–H and O–H groups in total. The molecule has 0 bridgehead atoms. The molecule has 50 valence electrons. The Morgan fingerprint density at radius 2 is 2.56 bits per heavy atom. The standard InChI is InChI=1S/C5H9N3S/c6-9-5-4-8-3-1-2-7-8/h1-3H,4-6H2. The van der Waals surface area contributed by atoms with Crippen LogP contribution >= 0.6 is 11.9 Å². The second-order valence-corrected chi connectivity index (χ2v) is 2.38. The van der Waals surface area contributed by atoms with E-state index < -0.39 is 0 Å². The van der Waals surface area contributed by atoms with E-state index in [-0.39, 0.29) is 0 Å². The van der Waals surface area contributed by atoms with Gasteiger partial charge in [0.05, 0.1) is 6.54 Å². The summed E-state index contributed by atoms with van der Waals surface area (Å²) in [5.74, 6) is 0.918. The molecule has 0 amide bonds. The predicted octanol–water partition coefficient (Wildman–Crippen LogP) is 0.490. The number of hydrogen-bond donors (Lipinski definition) is 1. The molecule has 9 heavy (non-hydrogen) atoms. The van der Waals surface area contributed by atoms with Gasteiger partial charge < -0.3 is 0 Å². The zero-order chi connectivity index (χ0) is 6.53. The molecule has 0 aliphatic carbocycles. The maximum absolute atomic E-state index is 5.22. The van der Waals surface area contributed by atoms with E-state index in [1.807, 2.05) is 16.9 Å². The summed E-state index contributed by atoms with van der Waals surface area (Å²) in [6.45, 7) is 0.897. The third kappa shape index (κ3) is 2.07. The number of aryl methyl sites for hydroxylation is 1. The largest absolute Gasteiger partial charge is 0.278 e. The molecule has 0 aromatic carbocycles. The first kappa shape index (κ1) is 6.64. The van der Waals surface area contributed by atoms with Gasteiger partial charge in [0.1, 0.15) is 0 Å². The van der Waals surface area contributed by atoms with Crippen molar-refractivity contribution in [3.8, 4) is 0 Å². The van der Waals surface area contributed by atoms with Gasteiger partial charge in [-0.2, -0.15) is 5.10 Å². The number of hydrogen-bond acceptors (Lipinski definition) is 3. The molecule has 0 aliphatic rings. The number of aromatic nitrogens is 2. The monoisotopic (exact) mass is 143 g/mol. The van der Waals surface area contributed by atoms with Crippen LogP contribution in [-0.4, -0.2) is 15.5 Å². The fraction of sp³-hybridized carbons (Fsp3) is 0.400. The average molecular weight is 143 g/mol. The predicted molar refractivity (Wildman–Crippen MR) is 38.9 cm³/mol. The Hall–Kier alpha value is -0.480. The van der Waals surface area contributed by atoms with Gasteiger partial charge in [0.15, 0.2) is 0 Å². The van der Waals surface area contributed by atoms with E-state index in [1.165, 1.54) is 11.9 Å². The Labute approximate surface area is 58.4 Å². The van der Waals surface area contributed by atoms with E-state index in [4.69, 9.17) is 5.14 Å². The molecule has 0 saturated heterocycles. The molecule has 1 aromatic rings. The summed E-state index contributed by atoms with van der Waals surface area (Å²) in [5, 5.41) is 9.22. The third-order valence-electron chi connectivity index (χ3n) is 0.997. The van der Waals surface area contributed by atoms with Crippen LogP contribution in [0.15, 0.2) is 18.5 Å². The number of nitrogens with two attached hydrogens (primary N) is 1. The van der Waals surface area contributed by atoms with Gasteiger partial charge in [-0.15, -0.1) is 0 Å². The molecule has 0 aliphatic heterocycles. The SMILES string of the molecule is NSCCn1cccn1. The zero-order valence-electron chi connectivity index (χ0n) is 5.03. The van der Waals surface area contributed by atoms with Crippen LogP contribution in [-0.2, 0) is 6.54 Å². The average Bonchev–Trinajstić information content (AvgIpc) is 2.34. The topological polar surface area (TPSA) is 43.8 Å². The summed E-state index contributed by atoms with van der Waals surface area (Å²) in [7, 11) is 0. The van der Waals surface area contributed by atoms with Gasteiger partial charge in [-0.3, -0.25) is 9.82 Å². The summed E-state index contributed by atoms with van der Waals surface area (Å²) < 4.78 is 1.86. The highest BCUT2D eigenvalue weighted by Crippen LogP contribution is 1.89. The molecule has 0 atom stereocenters. The van der Waals surface area contributed by atoms with Crippen molar-refractivity contribution in [2.75, 3.05) is 5.75 Å². The van der Waals surface area contributed by atoms with Crippen molar-refractivity contribution in [3.05, 3.63) is 18.5 Å². The van der Waals surface area contributed by atoms with Crippen molar-refractivity contribution in [1.82, 2.24) is 9.78 Å². The molecule has 1 aromatic heterocycles. The molecule has 1 heterocycles. The number of rotatable bonds is 3. The van der Waals surface area contributed by atoms with Crippen LogP contribution in [0, 0.1) is 0 Å². The molecule has 3 nitrogen and oxygen atoms in total. The highest BCUT2D eigenvalue weighted by molar-refractivity contribution is 7.97. The van der Waals surface area contributed by atoms with Crippen molar-refractivity contribution in [2.24, 2.45) is 5.14 Å². The fourth-order valence-corrected chi connectivity index (χ4v) is 0.871. The maximum Gasteiger partial charge on any atom is 0.0512 e. The summed E-state index contributed by atoms with van der Waals surface area (Å²) in [5.41, 5.74) is 0. The van der Waals surface area contributed by atoms with Gasteiger partial charge in [0.2, 0.25) is 0 Å². The van der Waals surface area contributed by atoms with Gasteiger partial charge >= 0.3 is 0 Å². The Kier molecular flexibility index (Phi) is 2.60. The van der Waals surface area contributed by atoms with Crippen molar-refractivity contribution in [3.63, 3.8) is 0 Å². The maximum atomic E-state index is 5.22. The summed E-state index contributed by atoms with van der Waals surface area (Å²) in [4.78, 5) is 0. The minimum Gasteiger partial charge on any atom is -0.278 e. The molecule has 0 spiro atoms. The van der Waals surface area contributed by atoms with Crippen molar-refractivity contribution >= 4 is 11.9 Å². The van der Waals surface area contributed by atoms with Gasteiger partial charge in [-0.05, 0) is 6.07 Å². The first-order chi connectivity index (χ1) is 4.43. The van der Waals surface area contributed by atoms with Gasteiger partial charge in [-0.25, -0.2) is 0 Å². The molecule has 1 rings (SSSR count). The van der Waals surface area contributed by atoms with Crippen LogP contribution < -0.4 is 5.14 Å². The van der Waals surface area contributed by atoms with Crippen LogP contribution in [0.3, 0.4) is 0 Å². The molecule has 0 unspecified atom stereocenters. The Morgan fingerprint density at radius 3 is 3.11 bits per heavy atom. The molecular formula is C5H9N3S. The zero-order valence-corrected chi connectivity index (χ0v) is 5.84. The third-order valence-corrected chi connectivity index (χ3v) is 1.42. The van der Waals surface area contributed by atoms with E-state index in [0.29, 0.717) is 0 Å². The van der Waals surface area contributed by atoms with Crippen molar-refractivity contribution in [1.29, 1.82) is 0 Å². The lowest BCUT2D eigenvalue weighted by molar-refractivity contribution is 0.666. The van der Waals surface area contributed by atoms with Gasteiger partial charge in [0.25, 0.3) is 0 Å². The smallest absolute Gasteiger partial charge is 0.0512 e. The Balaban J connectivity index is 2.30. The van der Waals surface area contributed by atoms with E-state index in [0.717, 1.165) is 12.3 Å². The van der Waals surface area contributed by atoms with E-state index >= 15 is 0 Å². The van der Waals surface area contributed by atoms with E-state index in [9.17, 15) is 0 Å². The van der Waals surface area contributed by atoms with Crippen LogP contribution in [0.25, 0.3) is 0 Å². The first-order valence-corrected chi connectivity index (χ1v) is 3.77. The fourth-order valence-electron chi connectivity index (χ4n) is 0.579. The quantitative estimate of drug-likeness (QED) is 0.626. The van der Waals surface area contributed by atoms with Crippen LogP contribution in [0.4, 0.5) is 0 Å². The molecule has 0 saturated carbocycles. The molecular weight excluding hydrogens is 134 g/mol. The second kappa shape index (κ2) is 3.53. The lowest BCUT2D eigenvalue weighted by Crippen LogP contribution is -2.01. The molecule has 0 radical (unpaired) electrons. The van der Waals surface area contributed by atoms with E-state index in [2.05, 4.69) is 5.10 Å². The molecule has 0 fully saturated rings. The van der Waals surface area contributed by atoms with Crippen LogP contribution in [0.1, 0.15) is 0 Å². The van der Waals surface area contributed by atoms with Crippen LogP contribution in [0.2, 0.25) is 0 Å². The summed E-state index contributed by atoms with van der Waals surface area (Å²) >= 11 is 1.34. The normalized spacial score (nSPS) is 9.89. The minimum absolute atomic E-state index is 0.897.